The fourth-order valence-electron chi connectivity index (χ4n) is 2.66. The lowest BCUT2D eigenvalue weighted by Gasteiger charge is -2.24. The van der Waals surface area contributed by atoms with Gasteiger partial charge in [0.25, 0.3) is 11.8 Å². The molecular weight excluding hydrogens is 420 g/mol. The minimum absolute atomic E-state index is 0.114. The highest BCUT2D eigenvalue weighted by Gasteiger charge is 2.27. The van der Waals surface area contributed by atoms with Gasteiger partial charge in [0.05, 0.1) is 6.61 Å². The molecule has 0 saturated heterocycles. The maximum atomic E-state index is 12.4. The van der Waals surface area contributed by atoms with E-state index in [4.69, 9.17) is 24.5 Å². The molecule has 3 amide bonds. The number of nitrogens with one attached hydrogen (secondary N) is 2. The summed E-state index contributed by atoms with van der Waals surface area (Å²) in [6, 6.07) is 14.5. The first-order chi connectivity index (χ1) is 15.5. The second-order valence-electron chi connectivity index (χ2n) is 6.32. The number of benzene rings is 2. The standard InChI is InChI=1S/C22H24N2O8/c1-30-18(11-12-19(26)24-29)20(15-7-9-17(10-8-15)31-14-13-25)32-22(28)23-21(27)16-5-3-2-4-6-16/h2-12,18,20,25,29H,13-14H2,1H3,(H,24,26)(H,23,27,28)/b12-11+/t18-,20-/m1/s1. The maximum absolute atomic E-state index is 12.4. The topological polar surface area (TPSA) is 143 Å². The van der Waals surface area contributed by atoms with E-state index >= 15 is 0 Å². The Morgan fingerprint density at radius 2 is 1.75 bits per heavy atom. The lowest BCUT2D eigenvalue weighted by molar-refractivity contribution is -0.124. The first-order valence-electron chi connectivity index (χ1n) is 9.54. The van der Waals surface area contributed by atoms with E-state index in [1.54, 1.807) is 54.6 Å². The van der Waals surface area contributed by atoms with Crippen molar-refractivity contribution in [2.75, 3.05) is 20.3 Å². The van der Waals surface area contributed by atoms with Crippen LogP contribution in [0, 0.1) is 0 Å². The molecule has 32 heavy (non-hydrogen) atoms. The monoisotopic (exact) mass is 444 g/mol. The molecule has 170 valence electrons. The van der Waals surface area contributed by atoms with Gasteiger partial charge in [-0.05, 0) is 35.9 Å². The van der Waals surface area contributed by atoms with Crippen LogP contribution in [0.25, 0.3) is 0 Å². The highest BCUT2D eigenvalue weighted by Crippen LogP contribution is 2.26. The molecule has 2 aromatic rings. The van der Waals surface area contributed by atoms with Gasteiger partial charge in [0, 0.05) is 18.7 Å². The van der Waals surface area contributed by atoms with Crippen molar-refractivity contribution in [1.82, 2.24) is 10.8 Å². The third-order valence-electron chi connectivity index (χ3n) is 4.17. The number of carbonyl (C=O) groups is 3. The Balaban J connectivity index is 2.22. The van der Waals surface area contributed by atoms with Crippen molar-refractivity contribution >= 4 is 17.9 Å². The van der Waals surface area contributed by atoms with Crippen molar-refractivity contribution < 1.29 is 38.9 Å². The van der Waals surface area contributed by atoms with Gasteiger partial charge in [-0.1, -0.05) is 30.3 Å². The molecule has 0 aliphatic carbocycles. The number of hydroxylamine groups is 1. The van der Waals surface area contributed by atoms with E-state index in [1.165, 1.54) is 18.7 Å². The number of carbonyl (C=O) groups excluding carboxylic acids is 3. The summed E-state index contributed by atoms with van der Waals surface area (Å²) in [4.78, 5) is 36.0. The predicted molar refractivity (Wildman–Crippen MR) is 112 cm³/mol. The minimum atomic E-state index is -1.06. The molecule has 0 unspecified atom stereocenters. The van der Waals surface area contributed by atoms with Gasteiger partial charge in [0.1, 0.15) is 18.5 Å². The molecule has 2 aromatic carbocycles. The largest absolute Gasteiger partial charge is 0.491 e. The van der Waals surface area contributed by atoms with E-state index < -0.39 is 30.1 Å². The Morgan fingerprint density at radius 3 is 2.34 bits per heavy atom. The average Bonchev–Trinajstić information content (AvgIpc) is 2.83. The van der Waals surface area contributed by atoms with Crippen molar-refractivity contribution in [3.63, 3.8) is 0 Å². The van der Waals surface area contributed by atoms with Crippen molar-refractivity contribution in [3.05, 3.63) is 77.9 Å². The molecule has 0 aliphatic rings. The van der Waals surface area contributed by atoms with Gasteiger partial charge in [-0.25, -0.2) is 10.3 Å². The number of imide groups is 1. The molecule has 0 aliphatic heterocycles. The van der Waals surface area contributed by atoms with Gasteiger partial charge in [-0.15, -0.1) is 0 Å². The van der Waals surface area contributed by atoms with Crippen LogP contribution < -0.4 is 15.5 Å². The molecule has 4 N–H and O–H groups in total. The van der Waals surface area contributed by atoms with Crippen LogP contribution in [0.15, 0.2) is 66.7 Å². The van der Waals surface area contributed by atoms with Crippen molar-refractivity contribution in [3.8, 4) is 5.75 Å². The highest BCUT2D eigenvalue weighted by atomic mass is 16.6. The number of hydrogen-bond donors (Lipinski definition) is 4. The minimum Gasteiger partial charge on any atom is -0.491 e. The number of amides is 3. The molecule has 10 heteroatoms. The smallest absolute Gasteiger partial charge is 0.414 e. The van der Waals surface area contributed by atoms with E-state index in [-0.39, 0.29) is 18.8 Å². The number of aliphatic hydroxyl groups is 1. The molecule has 10 nitrogen and oxygen atoms in total. The molecular formula is C22H24N2O8. The van der Waals surface area contributed by atoms with Gasteiger partial charge in [0.15, 0.2) is 6.10 Å². The number of rotatable bonds is 10. The Labute approximate surface area is 184 Å². The molecule has 0 radical (unpaired) electrons. The van der Waals surface area contributed by atoms with E-state index in [1.807, 2.05) is 0 Å². The molecule has 0 saturated carbocycles. The summed E-state index contributed by atoms with van der Waals surface area (Å²) in [6.07, 6.45) is -0.714. The SMILES string of the molecule is CO[C@H](/C=C/C(=O)NO)[C@H](OC(=O)NC(=O)c1ccccc1)c1ccc(OCCO)cc1. The number of methoxy groups -OCH3 is 1. The molecule has 0 fully saturated rings. The van der Waals surface area contributed by atoms with Gasteiger partial charge in [-0.2, -0.15) is 0 Å². The van der Waals surface area contributed by atoms with Crippen LogP contribution in [0.4, 0.5) is 4.79 Å². The molecule has 0 bridgehead atoms. The fourth-order valence-corrected chi connectivity index (χ4v) is 2.66. The quantitative estimate of drug-likeness (QED) is 0.247. The summed E-state index contributed by atoms with van der Waals surface area (Å²) in [7, 11) is 1.34. The van der Waals surface area contributed by atoms with Crippen LogP contribution in [0.1, 0.15) is 22.0 Å². The van der Waals surface area contributed by atoms with Crippen LogP contribution in [0.5, 0.6) is 5.75 Å². The first kappa shape index (κ1) is 24.5. The zero-order chi connectivity index (χ0) is 23.3. The molecule has 0 aromatic heterocycles. The first-order valence-corrected chi connectivity index (χ1v) is 9.54. The third-order valence-corrected chi connectivity index (χ3v) is 4.17. The molecule has 2 rings (SSSR count). The zero-order valence-electron chi connectivity index (χ0n) is 17.3. The summed E-state index contributed by atoms with van der Waals surface area (Å²) < 4.78 is 16.1. The van der Waals surface area contributed by atoms with E-state index in [0.29, 0.717) is 11.3 Å². The summed E-state index contributed by atoms with van der Waals surface area (Å²) in [5.74, 6) is -0.969. The van der Waals surface area contributed by atoms with Crippen molar-refractivity contribution in [2.45, 2.75) is 12.2 Å². The summed E-state index contributed by atoms with van der Waals surface area (Å²) in [5.41, 5.74) is 2.20. The van der Waals surface area contributed by atoms with Crippen LogP contribution in [-0.4, -0.2) is 54.6 Å². The summed E-state index contributed by atoms with van der Waals surface area (Å²) in [6.45, 7) is -0.0322. The second-order valence-corrected chi connectivity index (χ2v) is 6.32. The van der Waals surface area contributed by atoms with Gasteiger partial charge in [-0.3, -0.25) is 20.1 Å². The zero-order valence-corrected chi connectivity index (χ0v) is 17.3. The van der Waals surface area contributed by atoms with Gasteiger partial charge < -0.3 is 19.3 Å². The molecule has 0 heterocycles. The highest BCUT2D eigenvalue weighted by molar-refractivity contribution is 6.02. The number of ether oxygens (including phenoxy) is 3. The summed E-state index contributed by atoms with van der Waals surface area (Å²) in [5, 5.41) is 19.7. The van der Waals surface area contributed by atoms with E-state index in [0.717, 1.165) is 6.08 Å². The lowest BCUT2D eigenvalue weighted by Crippen LogP contribution is -2.34. The molecule has 2 atom stereocenters. The Bertz CT molecular complexity index is 915. The Kier molecular flexibility index (Phi) is 9.85. The van der Waals surface area contributed by atoms with Crippen LogP contribution in [0.3, 0.4) is 0 Å². The maximum Gasteiger partial charge on any atom is 0.414 e. The third kappa shape index (κ3) is 7.51. The lowest BCUT2D eigenvalue weighted by atomic mass is 10.0. The number of aliphatic hydroxyl groups excluding tert-OH is 1. The van der Waals surface area contributed by atoms with Crippen LogP contribution in [0.2, 0.25) is 0 Å². The second kappa shape index (κ2) is 12.8. The normalized spacial score (nSPS) is 12.6. The fraction of sp³-hybridized carbons (Fsp3) is 0.227. The predicted octanol–water partition coefficient (Wildman–Crippen LogP) is 1.74. The molecule has 0 spiro atoms. The van der Waals surface area contributed by atoms with Crippen molar-refractivity contribution in [1.29, 1.82) is 0 Å². The number of alkyl carbamates (subject to hydrolysis) is 1. The Hall–Kier alpha value is -3.73. The summed E-state index contributed by atoms with van der Waals surface area (Å²) >= 11 is 0. The number of hydrogen-bond acceptors (Lipinski definition) is 8. The van der Waals surface area contributed by atoms with Gasteiger partial charge >= 0.3 is 6.09 Å². The van der Waals surface area contributed by atoms with Crippen LogP contribution >= 0.6 is 0 Å². The van der Waals surface area contributed by atoms with E-state index in [9.17, 15) is 14.4 Å². The van der Waals surface area contributed by atoms with Crippen molar-refractivity contribution in [2.24, 2.45) is 0 Å². The Morgan fingerprint density at radius 1 is 1.06 bits per heavy atom. The van der Waals surface area contributed by atoms with Crippen LogP contribution in [-0.2, 0) is 14.3 Å². The average molecular weight is 444 g/mol. The van der Waals surface area contributed by atoms with Gasteiger partial charge in [0.2, 0.25) is 0 Å². The van der Waals surface area contributed by atoms with E-state index in [2.05, 4.69) is 5.32 Å².